The number of pyridine rings is 1. The van der Waals surface area contributed by atoms with Crippen LogP contribution in [0.3, 0.4) is 0 Å². The normalized spacial score (nSPS) is 10.5. The highest BCUT2D eigenvalue weighted by Gasteiger charge is 2.18. The van der Waals surface area contributed by atoms with E-state index < -0.39 is 11.9 Å². The van der Waals surface area contributed by atoms with E-state index in [0.29, 0.717) is 5.82 Å². The number of carbonyl (C=O) groups is 2. The van der Waals surface area contributed by atoms with E-state index in [-0.39, 0.29) is 15.6 Å². The van der Waals surface area contributed by atoms with Crippen molar-refractivity contribution in [1.82, 2.24) is 10.3 Å². The quantitative estimate of drug-likeness (QED) is 0.542. The van der Waals surface area contributed by atoms with Crippen molar-refractivity contribution in [3.8, 4) is 11.1 Å². The van der Waals surface area contributed by atoms with Crippen molar-refractivity contribution in [2.75, 3.05) is 5.32 Å². The maximum absolute atomic E-state index is 12.3. The van der Waals surface area contributed by atoms with Gasteiger partial charge in [0.1, 0.15) is 5.82 Å². The van der Waals surface area contributed by atoms with Gasteiger partial charge in [0.25, 0.3) is 5.91 Å². The lowest BCUT2D eigenvalue weighted by molar-refractivity contribution is 0.0967. The molecule has 29 heavy (non-hydrogen) atoms. The summed E-state index contributed by atoms with van der Waals surface area (Å²) in [7, 11) is 0. The zero-order valence-corrected chi connectivity index (χ0v) is 17.7. The van der Waals surface area contributed by atoms with Crippen molar-refractivity contribution >= 4 is 41.0 Å². The molecule has 1 aromatic heterocycles. The maximum Gasteiger partial charge on any atom is 0.327 e. The molecule has 3 amide bonds. The molecule has 0 aliphatic rings. The van der Waals surface area contributed by atoms with Crippen molar-refractivity contribution in [3.05, 3.63) is 81.0 Å². The molecule has 7 heteroatoms. The van der Waals surface area contributed by atoms with Crippen LogP contribution in [0.4, 0.5) is 10.6 Å². The third-order valence-electron chi connectivity index (χ3n) is 4.40. The number of aromatic nitrogens is 1. The Balaban J connectivity index is 1.77. The molecule has 0 bridgehead atoms. The minimum atomic E-state index is -0.722. The van der Waals surface area contributed by atoms with Gasteiger partial charge in [0.2, 0.25) is 0 Å². The molecule has 0 saturated carbocycles. The van der Waals surface area contributed by atoms with Crippen molar-refractivity contribution < 1.29 is 9.59 Å². The first-order valence-corrected chi connectivity index (χ1v) is 9.63. The molecular weight excluding hydrogens is 409 g/mol. The predicted octanol–water partition coefficient (Wildman–Crippen LogP) is 5.94. The third-order valence-corrected chi connectivity index (χ3v) is 5.03. The number of anilines is 1. The second-order valence-corrected chi connectivity index (χ2v) is 7.47. The van der Waals surface area contributed by atoms with E-state index in [1.165, 1.54) is 17.7 Å². The van der Waals surface area contributed by atoms with Crippen molar-refractivity contribution in [1.29, 1.82) is 0 Å². The van der Waals surface area contributed by atoms with E-state index in [9.17, 15) is 9.59 Å². The number of nitrogens with zero attached hydrogens (tertiary/aromatic N) is 1. The molecule has 1 heterocycles. The van der Waals surface area contributed by atoms with Gasteiger partial charge in [-0.05, 0) is 50.1 Å². The second-order valence-electron chi connectivity index (χ2n) is 6.66. The van der Waals surface area contributed by atoms with Crippen molar-refractivity contribution in [3.63, 3.8) is 0 Å². The number of rotatable bonds is 3. The van der Waals surface area contributed by atoms with E-state index in [0.717, 1.165) is 22.4 Å². The summed E-state index contributed by atoms with van der Waals surface area (Å²) >= 11 is 12.0. The Morgan fingerprint density at radius 1 is 0.931 bits per heavy atom. The van der Waals surface area contributed by atoms with Gasteiger partial charge in [-0.2, -0.15) is 0 Å². The highest BCUT2D eigenvalue weighted by Crippen LogP contribution is 2.28. The Bertz CT molecular complexity index is 1050. The van der Waals surface area contributed by atoms with Crippen LogP contribution in [0.2, 0.25) is 10.0 Å². The fraction of sp³-hybridized carbons (Fsp3) is 0.136. The van der Waals surface area contributed by atoms with Gasteiger partial charge in [-0.3, -0.25) is 15.4 Å². The van der Waals surface area contributed by atoms with Crippen LogP contribution >= 0.6 is 23.2 Å². The summed E-state index contributed by atoms with van der Waals surface area (Å²) in [5.74, 6) is -0.353. The number of nitrogens with one attached hydrogen (secondary N) is 2. The zero-order chi connectivity index (χ0) is 21.1. The number of hydrogen-bond donors (Lipinski definition) is 2. The largest absolute Gasteiger partial charge is 0.327 e. The zero-order valence-electron chi connectivity index (χ0n) is 16.1. The minimum Gasteiger partial charge on any atom is -0.292 e. The molecule has 0 radical (unpaired) electrons. The molecule has 148 valence electrons. The highest BCUT2D eigenvalue weighted by molar-refractivity contribution is 6.40. The van der Waals surface area contributed by atoms with Gasteiger partial charge in [0, 0.05) is 11.3 Å². The molecule has 0 saturated heterocycles. The predicted molar refractivity (Wildman–Crippen MR) is 117 cm³/mol. The number of benzene rings is 2. The monoisotopic (exact) mass is 427 g/mol. The summed E-state index contributed by atoms with van der Waals surface area (Å²) in [5, 5.41) is 5.13. The smallest absolute Gasteiger partial charge is 0.292 e. The Hall–Kier alpha value is -2.89. The summed E-state index contributed by atoms with van der Waals surface area (Å²) < 4.78 is 0. The number of imide groups is 1. The molecule has 0 aliphatic carbocycles. The maximum atomic E-state index is 12.3. The number of halogens is 2. The van der Waals surface area contributed by atoms with Gasteiger partial charge in [-0.15, -0.1) is 0 Å². The summed E-state index contributed by atoms with van der Waals surface area (Å²) in [6.07, 6.45) is 0. The summed E-state index contributed by atoms with van der Waals surface area (Å²) in [6, 6.07) is 13.9. The van der Waals surface area contributed by atoms with Gasteiger partial charge >= 0.3 is 6.03 Å². The lowest BCUT2D eigenvalue weighted by Crippen LogP contribution is -2.35. The van der Waals surface area contributed by atoms with Crippen LogP contribution in [0, 0.1) is 20.8 Å². The molecule has 0 unspecified atom stereocenters. The topological polar surface area (TPSA) is 71.1 Å². The first-order chi connectivity index (χ1) is 13.8. The van der Waals surface area contributed by atoms with E-state index in [2.05, 4.69) is 15.6 Å². The lowest BCUT2D eigenvalue weighted by Gasteiger charge is -2.13. The van der Waals surface area contributed by atoms with Gasteiger partial charge < -0.3 is 0 Å². The summed E-state index contributed by atoms with van der Waals surface area (Å²) in [6.45, 7) is 5.85. The third kappa shape index (κ3) is 4.75. The first kappa shape index (κ1) is 20.8. The molecule has 3 aromatic rings. The average molecular weight is 428 g/mol. The van der Waals surface area contributed by atoms with Crippen LogP contribution < -0.4 is 10.6 Å². The molecule has 0 fully saturated rings. The van der Waals surface area contributed by atoms with Crippen LogP contribution in [0.1, 0.15) is 27.2 Å². The summed E-state index contributed by atoms with van der Waals surface area (Å²) in [5.41, 5.74) is 5.01. The van der Waals surface area contributed by atoms with Crippen LogP contribution in [0.15, 0.2) is 48.5 Å². The molecule has 3 rings (SSSR count). The molecule has 2 aromatic carbocycles. The van der Waals surface area contributed by atoms with Crippen LogP contribution in [0.5, 0.6) is 0 Å². The van der Waals surface area contributed by atoms with Gasteiger partial charge in [0.15, 0.2) is 0 Å². The standard InChI is InChI=1S/C22H19Cl2N3O2/c1-12-7-9-15(10-8-12)19-13(2)11-18(25-14(19)3)26-22(29)27-21(28)20-16(23)5-4-6-17(20)24/h4-11H,1-3H3,(H2,25,26,27,28,29). The van der Waals surface area contributed by atoms with Crippen LogP contribution in [-0.2, 0) is 0 Å². The van der Waals surface area contributed by atoms with Crippen molar-refractivity contribution in [2.24, 2.45) is 0 Å². The van der Waals surface area contributed by atoms with Gasteiger partial charge in [0.05, 0.1) is 15.6 Å². The van der Waals surface area contributed by atoms with E-state index in [1.54, 1.807) is 12.1 Å². The number of urea groups is 1. The average Bonchev–Trinajstić information content (AvgIpc) is 2.62. The fourth-order valence-electron chi connectivity index (χ4n) is 3.08. The highest BCUT2D eigenvalue weighted by atomic mass is 35.5. The second kappa shape index (κ2) is 8.64. The molecular formula is C22H19Cl2N3O2. The molecule has 5 nitrogen and oxygen atoms in total. The first-order valence-electron chi connectivity index (χ1n) is 8.88. The SMILES string of the molecule is Cc1ccc(-c2c(C)cc(NC(=O)NC(=O)c3c(Cl)cccc3Cl)nc2C)cc1. The van der Waals surface area contributed by atoms with Crippen molar-refractivity contribution in [2.45, 2.75) is 20.8 Å². The molecule has 0 atom stereocenters. The number of aryl methyl sites for hydroxylation is 3. The van der Waals surface area contributed by atoms with Crippen LogP contribution in [0.25, 0.3) is 11.1 Å². The van der Waals surface area contributed by atoms with Gasteiger partial charge in [-0.25, -0.2) is 9.78 Å². The van der Waals surface area contributed by atoms with E-state index in [4.69, 9.17) is 23.2 Å². The molecule has 2 N–H and O–H groups in total. The van der Waals surface area contributed by atoms with Crippen LogP contribution in [-0.4, -0.2) is 16.9 Å². The van der Waals surface area contributed by atoms with Gasteiger partial charge in [-0.1, -0.05) is 59.1 Å². The number of amides is 3. The lowest BCUT2D eigenvalue weighted by atomic mass is 9.98. The van der Waals surface area contributed by atoms with E-state index >= 15 is 0 Å². The molecule has 0 spiro atoms. The minimum absolute atomic E-state index is 0.0426. The Labute approximate surface area is 179 Å². The Morgan fingerprint density at radius 2 is 1.55 bits per heavy atom. The van der Waals surface area contributed by atoms with E-state index in [1.807, 2.05) is 45.0 Å². The molecule has 0 aliphatic heterocycles. The Kier molecular flexibility index (Phi) is 6.20. The summed E-state index contributed by atoms with van der Waals surface area (Å²) in [4.78, 5) is 29.0. The fourth-order valence-corrected chi connectivity index (χ4v) is 3.65. The number of hydrogen-bond acceptors (Lipinski definition) is 3. The number of carbonyl (C=O) groups excluding carboxylic acids is 2. The Morgan fingerprint density at radius 3 is 2.14 bits per heavy atom.